The standard InChI is InChI=1S/C21H24FN3O4/c22-17-6-2-4-8-19(17)24-10-12-25(13-11-24)20(27)15-29-21(28)16-5-1-3-7-18(16)23-9-14-26/h1-8,23,26H,9-15H2. The molecule has 0 radical (unpaired) electrons. The van der Waals surface area contributed by atoms with E-state index in [0.29, 0.717) is 49.7 Å². The smallest absolute Gasteiger partial charge is 0.340 e. The monoisotopic (exact) mass is 401 g/mol. The fourth-order valence-corrected chi connectivity index (χ4v) is 3.21. The van der Waals surface area contributed by atoms with Crippen LogP contribution in [0.2, 0.25) is 0 Å². The highest BCUT2D eigenvalue weighted by Crippen LogP contribution is 2.20. The fourth-order valence-electron chi connectivity index (χ4n) is 3.21. The third-order valence-electron chi connectivity index (χ3n) is 4.73. The van der Waals surface area contributed by atoms with Crippen LogP contribution >= 0.6 is 0 Å². The van der Waals surface area contributed by atoms with Crippen LogP contribution in [-0.2, 0) is 9.53 Å². The topological polar surface area (TPSA) is 82.1 Å². The number of halogens is 1. The Hall–Kier alpha value is -3.13. The minimum absolute atomic E-state index is 0.0687. The first-order valence-corrected chi connectivity index (χ1v) is 9.48. The van der Waals surface area contributed by atoms with Crippen LogP contribution in [0.15, 0.2) is 48.5 Å². The van der Waals surface area contributed by atoms with Gasteiger partial charge in [0, 0.05) is 38.4 Å². The number of amides is 1. The van der Waals surface area contributed by atoms with Crippen LogP contribution in [0.1, 0.15) is 10.4 Å². The van der Waals surface area contributed by atoms with Crippen molar-refractivity contribution in [3.8, 4) is 0 Å². The Labute approximate surface area is 168 Å². The SMILES string of the molecule is O=C(OCC(=O)N1CCN(c2ccccc2F)CC1)c1ccccc1NCCO. The maximum Gasteiger partial charge on any atom is 0.340 e. The summed E-state index contributed by atoms with van der Waals surface area (Å²) < 4.78 is 19.1. The second kappa shape index (κ2) is 9.88. The molecule has 2 aromatic carbocycles. The van der Waals surface area contributed by atoms with Gasteiger partial charge in [0.25, 0.3) is 5.91 Å². The molecular weight excluding hydrogens is 377 g/mol. The Kier molecular flexibility index (Phi) is 7.02. The highest BCUT2D eigenvalue weighted by Gasteiger charge is 2.24. The molecule has 1 saturated heterocycles. The first kappa shape index (κ1) is 20.6. The van der Waals surface area contributed by atoms with E-state index in [1.54, 1.807) is 47.4 Å². The van der Waals surface area contributed by atoms with Crippen molar-refractivity contribution in [1.29, 1.82) is 0 Å². The molecule has 0 atom stereocenters. The number of aliphatic hydroxyl groups is 1. The number of nitrogens with one attached hydrogen (secondary N) is 1. The van der Waals surface area contributed by atoms with E-state index in [0.717, 1.165) is 0 Å². The average molecular weight is 401 g/mol. The maximum absolute atomic E-state index is 13.9. The Balaban J connectivity index is 1.51. The van der Waals surface area contributed by atoms with Gasteiger partial charge in [0.05, 0.1) is 17.9 Å². The number of carbonyl (C=O) groups is 2. The van der Waals surface area contributed by atoms with Gasteiger partial charge in [-0.1, -0.05) is 24.3 Å². The van der Waals surface area contributed by atoms with Crippen molar-refractivity contribution < 1.29 is 23.8 Å². The molecule has 0 bridgehead atoms. The lowest BCUT2D eigenvalue weighted by Gasteiger charge is -2.36. The van der Waals surface area contributed by atoms with Gasteiger partial charge in [-0.15, -0.1) is 0 Å². The van der Waals surface area contributed by atoms with Crippen LogP contribution in [0.25, 0.3) is 0 Å². The molecule has 1 aliphatic rings. The summed E-state index contributed by atoms with van der Waals surface area (Å²) in [6, 6.07) is 13.3. The molecule has 0 unspecified atom stereocenters. The number of carbonyl (C=O) groups excluding carboxylic acids is 2. The van der Waals surface area contributed by atoms with Gasteiger partial charge in [-0.25, -0.2) is 9.18 Å². The van der Waals surface area contributed by atoms with Gasteiger partial charge in [-0.2, -0.15) is 0 Å². The predicted molar refractivity (Wildman–Crippen MR) is 107 cm³/mol. The van der Waals surface area contributed by atoms with Crippen molar-refractivity contribution in [2.75, 3.05) is 56.2 Å². The zero-order valence-corrected chi connectivity index (χ0v) is 16.0. The number of rotatable bonds is 7. The van der Waals surface area contributed by atoms with Crippen LogP contribution in [-0.4, -0.2) is 67.8 Å². The van der Waals surface area contributed by atoms with E-state index in [1.165, 1.54) is 6.07 Å². The molecule has 2 N–H and O–H groups in total. The van der Waals surface area contributed by atoms with E-state index in [4.69, 9.17) is 9.84 Å². The highest BCUT2D eigenvalue weighted by atomic mass is 19.1. The van der Waals surface area contributed by atoms with E-state index >= 15 is 0 Å². The van der Waals surface area contributed by atoms with Crippen LogP contribution in [0, 0.1) is 5.82 Å². The second-order valence-corrected chi connectivity index (χ2v) is 6.59. The van der Waals surface area contributed by atoms with Crippen LogP contribution in [0.3, 0.4) is 0 Å². The zero-order valence-electron chi connectivity index (χ0n) is 16.0. The lowest BCUT2D eigenvalue weighted by atomic mass is 10.2. The number of anilines is 2. The minimum Gasteiger partial charge on any atom is -0.452 e. The third kappa shape index (κ3) is 5.23. The quantitative estimate of drug-likeness (QED) is 0.688. The van der Waals surface area contributed by atoms with E-state index in [-0.39, 0.29) is 24.9 Å². The van der Waals surface area contributed by atoms with Gasteiger partial charge in [-0.3, -0.25) is 4.79 Å². The summed E-state index contributed by atoms with van der Waals surface area (Å²) in [4.78, 5) is 28.3. The number of esters is 1. The van der Waals surface area contributed by atoms with Crippen molar-refractivity contribution in [2.45, 2.75) is 0 Å². The molecule has 2 aromatic rings. The number of hydrogen-bond acceptors (Lipinski definition) is 6. The van der Waals surface area contributed by atoms with Gasteiger partial charge >= 0.3 is 5.97 Å². The number of para-hydroxylation sites is 2. The Morgan fingerprint density at radius 3 is 2.45 bits per heavy atom. The highest BCUT2D eigenvalue weighted by molar-refractivity contribution is 5.96. The Morgan fingerprint density at radius 2 is 1.72 bits per heavy atom. The minimum atomic E-state index is -0.607. The van der Waals surface area contributed by atoms with Crippen LogP contribution in [0.5, 0.6) is 0 Å². The largest absolute Gasteiger partial charge is 0.452 e. The molecule has 8 heteroatoms. The first-order chi connectivity index (χ1) is 14.1. The van der Waals surface area contributed by atoms with E-state index < -0.39 is 5.97 Å². The van der Waals surface area contributed by atoms with Crippen LogP contribution < -0.4 is 10.2 Å². The van der Waals surface area contributed by atoms with Gasteiger partial charge < -0.3 is 25.0 Å². The van der Waals surface area contributed by atoms with Gasteiger partial charge in [0.1, 0.15) is 5.82 Å². The van der Waals surface area contributed by atoms with Crippen molar-refractivity contribution in [3.63, 3.8) is 0 Å². The van der Waals surface area contributed by atoms with E-state index in [9.17, 15) is 14.0 Å². The Bertz CT molecular complexity index is 853. The fraction of sp³-hybridized carbons (Fsp3) is 0.333. The van der Waals surface area contributed by atoms with E-state index in [2.05, 4.69) is 5.32 Å². The lowest BCUT2D eigenvalue weighted by molar-refractivity contribution is -0.134. The zero-order chi connectivity index (χ0) is 20.6. The first-order valence-electron chi connectivity index (χ1n) is 9.48. The molecule has 0 aliphatic carbocycles. The van der Waals surface area contributed by atoms with Crippen molar-refractivity contribution in [1.82, 2.24) is 4.90 Å². The molecule has 29 heavy (non-hydrogen) atoms. The number of aliphatic hydroxyl groups excluding tert-OH is 1. The molecule has 154 valence electrons. The molecule has 0 spiro atoms. The van der Waals surface area contributed by atoms with Gasteiger partial charge in [-0.05, 0) is 24.3 Å². The normalized spacial score (nSPS) is 13.9. The summed E-state index contributed by atoms with van der Waals surface area (Å²) in [5.41, 5.74) is 1.37. The Morgan fingerprint density at radius 1 is 1.03 bits per heavy atom. The summed E-state index contributed by atoms with van der Waals surface area (Å²) >= 11 is 0. The molecular formula is C21H24FN3O4. The number of piperazine rings is 1. The van der Waals surface area contributed by atoms with E-state index in [1.807, 2.05) is 4.90 Å². The maximum atomic E-state index is 13.9. The molecule has 7 nitrogen and oxygen atoms in total. The van der Waals surface area contributed by atoms with Crippen molar-refractivity contribution >= 4 is 23.3 Å². The van der Waals surface area contributed by atoms with Gasteiger partial charge in [0.2, 0.25) is 0 Å². The third-order valence-corrected chi connectivity index (χ3v) is 4.73. The summed E-state index contributed by atoms with van der Waals surface area (Å²) in [7, 11) is 0. The van der Waals surface area contributed by atoms with Gasteiger partial charge in [0.15, 0.2) is 6.61 Å². The lowest BCUT2D eigenvalue weighted by Crippen LogP contribution is -2.50. The summed E-state index contributed by atoms with van der Waals surface area (Å²) in [6.45, 7) is 1.75. The molecule has 1 aliphatic heterocycles. The molecule has 1 fully saturated rings. The molecule has 1 amide bonds. The average Bonchev–Trinajstić information content (AvgIpc) is 2.76. The summed E-state index contributed by atoms with van der Waals surface area (Å²) in [5, 5.41) is 11.9. The molecule has 3 rings (SSSR count). The van der Waals surface area contributed by atoms with Crippen molar-refractivity contribution in [3.05, 3.63) is 59.9 Å². The summed E-state index contributed by atoms with van der Waals surface area (Å²) in [5.74, 6) is -1.17. The summed E-state index contributed by atoms with van der Waals surface area (Å²) in [6.07, 6.45) is 0. The number of benzene rings is 2. The van der Waals surface area contributed by atoms with Crippen molar-refractivity contribution in [2.24, 2.45) is 0 Å². The number of ether oxygens (including phenoxy) is 1. The van der Waals surface area contributed by atoms with Crippen LogP contribution in [0.4, 0.5) is 15.8 Å². The second-order valence-electron chi connectivity index (χ2n) is 6.59. The molecule has 1 heterocycles. The molecule has 0 saturated carbocycles. The molecule has 0 aromatic heterocycles. The number of hydrogen-bond donors (Lipinski definition) is 2. The predicted octanol–water partition coefficient (Wildman–Crippen LogP) is 1.74. The number of nitrogens with zero attached hydrogens (tertiary/aromatic N) is 2.